The molecule has 0 aliphatic heterocycles. The van der Waals surface area contributed by atoms with E-state index in [4.69, 9.17) is 0 Å². The largest absolute Gasteiger partial charge is 0.325 e. The Labute approximate surface area is 73.6 Å². The minimum absolute atomic E-state index is 0. The summed E-state index contributed by atoms with van der Waals surface area (Å²) in [4.78, 5) is 25.3. The van der Waals surface area contributed by atoms with E-state index in [2.05, 4.69) is 9.97 Å². The fourth-order valence-corrected chi connectivity index (χ4v) is 0.477. The van der Waals surface area contributed by atoms with Gasteiger partial charge in [0.2, 0.25) is 0 Å². The number of H-pyrrole nitrogens is 2. The minimum atomic E-state index is -0.467. The number of rotatable bonds is 0. The second kappa shape index (κ2) is 3.60. The molecule has 0 saturated heterocycles. The first-order valence-corrected chi connectivity index (χ1v) is 2.49. The number of aromatic nitrogens is 2. The van der Waals surface area contributed by atoms with Crippen LogP contribution in [0.2, 0.25) is 0 Å². The van der Waals surface area contributed by atoms with Crippen LogP contribution in [-0.2, 0) is 0 Å². The zero-order chi connectivity index (χ0) is 6.85. The van der Waals surface area contributed by atoms with Crippen LogP contribution >= 0.6 is 0 Å². The Bertz CT molecular complexity index is 314. The van der Waals surface area contributed by atoms with Crippen molar-refractivity contribution in [3.05, 3.63) is 32.6 Å². The third-order valence-corrected chi connectivity index (χ3v) is 1.00. The molecular weight excluding hydrogens is 239 g/mol. The van der Waals surface area contributed by atoms with Gasteiger partial charge in [0.05, 0.1) is 0 Å². The molecule has 0 aliphatic carbocycles. The summed E-state index contributed by atoms with van der Waals surface area (Å²) in [6.45, 7) is 1.62. The summed E-state index contributed by atoms with van der Waals surface area (Å²) in [6.07, 6.45) is 1.38. The van der Waals surface area contributed by atoms with Crippen LogP contribution in [0.25, 0.3) is 0 Å². The van der Waals surface area contributed by atoms with Crippen molar-refractivity contribution >= 4 is 23.9 Å². The van der Waals surface area contributed by atoms with Gasteiger partial charge >= 0.3 is 5.69 Å². The molecule has 1 aromatic rings. The van der Waals surface area contributed by atoms with Crippen molar-refractivity contribution in [2.24, 2.45) is 0 Å². The summed E-state index contributed by atoms with van der Waals surface area (Å²) in [5.41, 5.74) is -0.293. The number of aromatic amines is 2. The minimum Gasteiger partial charge on any atom is -0.314 e. The first-order valence-electron chi connectivity index (χ1n) is 2.49. The molecule has 0 unspecified atom stereocenters. The molecule has 10 heavy (non-hydrogen) atoms. The van der Waals surface area contributed by atoms with Gasteiger partial charge in [-0.15, -0.1) is 0 Å². The van der Waals surface area contributed by atoms with Gasteiger partial charge in [-0.1, -0.05) is 0 Å². The maximum Gasteiger partial charge on any atom is 0.325 e. The number of hydrogen-bond acceptors (Lipinski definition) is 2. The van der Waals surface area contributed by atoms with Gasteiger partial charge < -0.3 is 4.98 Å². The van der Waals surface area contributed by atoms with E-state index in [1.165, 1.54) is 6.20 Å². The molecule has 1 heterocycles. The average molecular weight is 245 g/mol. The Morgan fingerprint density at radius 2 is 2.00 bits per heavy atom. The summed E-state index contributed by atoms with van der Waals surface area (Å²) < 4.78 is 0. The van der Waals surface area contributed by atoms with Crippen LogP contribution in [0.5, 0.6) is 0 Å². The van der Waals surface area contributed by atoms with Crippen LogP contribution in [0.15, 0.2) is 15.8 Å². The number of nitrogens with one attached hydrogen (secondary N) is 2. The third-order valence-electron chi connectivity index (χ3n) is 1.00. The van der Waals surface area contributed by atoms with Gasteiger partial charge in [0.25, 0.3) is 5.56 Å². The smallest absolute Gasteiger partial charge is 0.314 e. The maximum atomic E-state index is 10.6. The molecule has 0 aliphatic rings. The van der Waals surface area contributed by atoms with Gasteiger partial charge in [0.15, 0.2) is 0 Å². The molecule has 0 atom stereocenters. The van der Waals surface area contributed by atoms with E-state index in [0.29, 0.717) is 5.56 Å². The predicted octanol–water partition coefficient (Wildman–Crippen LogP) is -1.01. The Balaban J connectivity index is 0.000000810. The summed E-state index contributed by atoms with van der Waals surface area (Å²) >= 11 is 0. The Kier molecular flexibility index (Phi) is 3.41. The van der Waals surface area contributed by atoms with Gasteiger partial charge in [-0.2, -0.15) is 0 Å². The molecule has 1 rings (SSSR count). The summed E-state index contributed by atoms with van der Waals surface area (Å²) in [6, 6.07) is 0. The van der Waals surface area contributed by atoms with E-state index in [-0.39, 0.29) is 29.5 Å². The van der Waals surface area contributed by atoms with Crippen molar-refractivity contribution < 1.29 is 0 Å². The van der Waals surface area contributed by atoms with Crippen molar-refractivity contribution in [3.63, 3.8) is 0 Å². The molecule has 0 fully saturated rings. The van der Waals surface area contributed by atoms with Crippen molar-refractivity contribution in [3.8, 4) is 0 Å². The first kappa shape index (κ1) is 9.48. The standard InChI is InChI=1S/C5H6N2O2.Sn/c1-3-2-6-5(9)7-4(3)8;/h2H,1H3,(H2,6,7,8,9);. The van der Waals surface area contributed by atoms with Gasteiger partial charge in [0, 0.05) is 35.7 Å². The van der Waals surface area contributed by atoms with E-state index in [1.54, 1.807) is 6.92 Å². The fourth-order valence-electron chi connectivity index (χ4n) is 0.477. The molecule has 2 N–H and O–H groups in total. The second-order valence-electron chi connectivity index (χ2n) is 1.75. The van der Waals surface area contributed by atoms with Crippen molar-refractivity contribution in [1.29, 1.82) is 0 Å². The average Bonchev–Trinajstić information content (AvgIpc) is 1.80. The van der Waals surface area contributed by atoms with Crippen molar-refractivity contribution in [2.45, 2.75) is 6.92 Å². The van der Waals surface area contributed by atoms with Gasteiger partial charge in [-0.05, 0) is 6.92 Å². The van der Waals surface area contributed by atoms with Crippen LogP contribution in [0.4, 0.5) is 0 Å². The molecule has 0 aromatic carbocycles. The SMILES string of the molecule is Cc1c[nH]c(=O)[nH]c1=O.[Sn]. The van der Waals surface area contributed by atoms with Crippen LogP contribution in [0, 0.1) is 6.92 Å². The molecule has 5 heteroatoms. The molecule has 52 valence electrons. The third kappa shape index (κ3) is 2.02. The predicted molar refractivity (Wildman–Crippen MR) is 38.2 cm³/mol. The molecular formula is C5H6N2O2Sn. The van der Waals surface area contributed by atoms with Crippen LogP contribution in [-0.4, -0.2) is 33.9 Å². The molecule has 0 bridgehead atoms. The summed E-state index contributed by atoms with van der Waals surface area (Å²) in [5.74, 6) is 0. The topological polar surface area (TPSA) is 65.7 Å². The van der Waals surface area contributed by atoms with Crippen LogP contribution < -0.4 is 11.2 Å². The molecule has 0 spiro atoms. The summed E-state index contributed by atoms with van der Waals surface area (Å²) in [5, 5.41) is 0. The van der Waals surface area contributed by atoms with E-state index >= 15 is 0 Å². The summed E-state index contributed by atoms with van der Waals surface area (Å²) in [7, 11) is 0. The zero-order valence-corrected chi connectivity index (χ0v) is 8.25. The normalized spacial score (nSPS) is 8.50. The fraction of sp³-hybridized carbons (Fsp3) is 0.200. The van der Waals surface area contributed by atoms with Crippen LogP contribution in [0.1, 0.15) is 5.56 Å². The Morgan fingerprint density at radius 3 is 2.40 bits per heavy atom. The van der Waals surface area contributed by atoms with E-state index in [0.717, 1.165) is 0 Å². The van der Waals surface area contributed by atoms with Crippen molar-refractivity contribution in [2.75, 3.05) is 0 Å². The molecule has 0 amide bonds. The Morgan fingerprint density at radius 1 is 1.40 bits per heavy atom. The zero-order valence-electron chi connectivity index (χ0n) is 5.39. The van der Waals surface area contributed by atoms with Gasteiger partial charge in [-0.25, -0.2) is 4.79 Å². The first-order chi connectivity index (χ1) is 4.20. The van der Waals surface area contributed by atoms with E-state index < -0.39 is 5.69 Å². The second-order valence-corrected chi connectivity index (χ2v) is 1.75. The van der Waals surface area contributed by atoms with E-state index in [1.807, 2.05) is 0 Å². The molecule has 4 radical (unpaired) electrons. The van der Waals surface area contributed by atoms with Crippen LogP contribution in [0.3, 0.4) is 0 Å². The maximum absolute atomic E-state index is 10.6. The Hall–Kier alpha value is -0.521. The van der Waals surface area contributed by atoms with Gasteiger partial charge in [0.1, 0.15) is 0 Å². The molecule has 4 nitrogen and oxygen atoms in total. The van der Waals surface area contributed by atoms with Gasteiger partial charge in [-0.3, -0.25) is 9.78 Å². The quantitative estimate of drug-likeness (QED) is 0.575. The number of aryl methyl sites for hydroxylation is 1. The monoisotopic (exact) mass is 246 g/mol. The van der Waals surface area contributed by atoms with Crippen molar-refractivity contribution in [1.82, 2.24) is 9.97 Å². The molecule has 1 aromatic heterocycles. The number of hydrogen-bond donors (Lipinski definition) is 2. The molecule has 0 saturated carbocycles. The van der Waals surface area contributed by atoms with E-state index in [9.17, 15) is 9.59 Å².